The second-order valence-electron chi connectivity index (χ2n) is 4.15. The average molecular weight is 292 g/mol. The first kappa shape index (κ1) is 14.2. The molecule has 0 atom stereocenters. The number of benzene rings is 2. The highest BCUT2D eigenvalue weighted by molar-refractivity contribution is 7.85. The first-order valence-electron chi connectivity index (χ1n) is 5.73. The quantitative estimate of drug-likeness (QED) is 0.534. The Balaban J connectivity index is 2.19. The van der Waals surface area contributed by atoms with Gasteiger partial charge in [-0.1, -0.05) is 18.2 Å². The minimum atomic E-state index is -4.25. The number of hydrogen-bond acceptors (Lipinski definition) is 4. The Morgan fingerprint density at radius 3 is 2.20 bits per heavy atom. The molecule has 0 unspecified atom stereocenters. The van der Waals surface area contributed by atoms with Gasteiger partial charge in [0.2, 0.25) is 0 Å². The number of ether oxygens (including phenoxy) is 1. The fourth-order valence-electron chi connectivity index (χ4n) is 1.64. The summed E-state index contributed by atoms with van der Waals surface area (Å²) in [7, 11) is -4.25. The molecule has 0 aliphatic heterocycles. The van der Waals surface area contributed by atoms with E-state index in [4.69, 9.17) is 9.29 Å². The largest absolute Gasteiger partial charge is 0.423 e. The Hall–Kier alpha value is -2.18. The molecule has 0 aliphatic carbocycles. The molecule has 2 rings (SSSR count). The van der Waals surface area contributed by atoms with Crippen LogP contribution < -0.4 is 4.74 Å². The van der Waals surface area contributed by atoms with Crippen LogP contribution >= 0.6 is 0 Å². The van der Waals surface area contributed by atoms with Crippen molar-refractivity contribution < 1.29 is 22.5 Å². The van der Waals surface area contributed by atoms with Gasteiger partial charge in [-0.3, -0.25) is 4.55 Å². The third-order valence-corrected chi connectivity index (χ3v) is 3.57. The number of esters is 1. The molecule has 2 aromatic rings. The number of carbonyl (C=O) groups is 1. The lowest BCUT2D eigenvalue weighted by atomic mass is 10.1. The van der Waals surface area contributed by atoms with Crippen LogP contribution in [0.3, 0.4) is 0 Å². The van der Waals surface area contributed by atoms with Gasteiger partial charge >= 0.3 is 5.97 Å². The van der Waals surface area contributed by atoms with Crippen LogP contribution in [0.5, 0.6) is 5.75 Å². The molecule has 1 N–H and O–H groups in total. The summed E-state index contributed by atoms with van der Waals surface area (Å²) in [6.45, 7) is 1.79. The van der Waals surface area contributed by atoms with Crippen LogP contribution in [0, 0.1) is 6.92 Å². The standard InChI is InChI=1S/C14H12O5S/c1-10-4-2-3-5-13(10)14(15)19-11-6-8-12(9-7-11)20(16,17)18/h2-9H,1H3,(H,16,17,18). The molecule has 0 radical (unpaired) electrons. The van der Waals surface area contributed by atoms with Crippen molar-refractivity contribution in [3.63, 3.8) is 0 Å². The van der Waals surface area contributed by atoms with Crippen LogP contribution in [-0.2, 0) is 10.1 Å². The van der Waals surface area contributed by atoms with Gasteiger partial charge in [-0.15, -0.1) is 0 Å². The molecule has 0 amide bonds. The first-order chi connectivity index (χ1) is 9.38. The van der Waals surface area contributed by atoms with E-state index in [0.717, 1.165) is 17.7 Å². The molecular weight excluding hydrogens is 280 g/mol. The number of aryl methyl sites for hydroxylation is 1. The Morgan fingerprint density at radius 2 is 1.65 bits per heavy atom. The van der Waals surface area contributed by atoms with Gasteiger partial charge in [-0.25, -0.2) is 4.79 Å². The molecule has 0 heterocycles. The van der Waals surface area contributed by atoms with Gasteiger partial charge in [0.05, 0.1) is 10.5 Å². The van der Waals surface area contributed by atoms with Crippen molar-refractivity contribution in [3.05, 3.63) is 59.7 Å². The molecule has 20 heavy (non-hydrogen) atoms. The summed E-state index contributed by atoms with van der Waals surface area (Å²) in [6, 6.07) is 11.9. The summed E-state index contributed by atoms with van der Waals surface area (Å²) in [6.07, 6.45) is 0. The van der Waals surface area contributed by atoms with E-state index in [-0.39, 0.29) is 10.6 Å². The lowest BCUT2D eigenvalue weighted by Crippen LogP contribution is -2.10. The lowest BCUT2D eigenvalue weighted by Gasteiger charge is -2.06. The lowest BCUT2D eigenvalue weighted by molar-refractivity contribution is 0.0734. The Bertz CT molecular complexity index is 732. The van der Waals surface area contributed by atoms with Crippen molar-refractivity contribution in [2.45, 2.75) is 11.8 Å². The summed E-state index contributed by atoms with van der Waals surface area (Å²) < 4.78 is 35.7. The van der Waals surface area contributed by atoms with E-state index in [0.29, 0.717) is 5.56 Å². The minimum Gasteiger partial charge on any atom is -0.423 e. The zero-order valence-corrected chi connectivity index (χ0v) is 11.4. The Kier molecular flexibility index (Phi) is 3.87. The topological polar surface area (TPSA) is 80.7 Å². The number of carbonyl (C=O) groups excluding carboxylic acids is 1. The van der Waals surface area contributed by atoms with E-state index in [1.807, 2.05) is 6.07 Å². The van der Waals surface area contributed by atoms with Crippen molar-refractivity contribution in [1.82, 2.24) is 0 Å². The summed E-state index contributed by atoms with van der Waals surface area (Å²) in [4.78, 5) is 11.7. The highest BCUT2D eigenvalue weighted by Crippen LogP contribution is 2.18. The van der Waals surface area contributed by atoms with E-state index in [1.165, 1.54) is 12.1 Å². The minimum absolute atomic E-state index is 0.200. The predicted molar refractivity (Wildman–Crippen MR) is 72.4 cm³/mol. The Labute approximate surface area is 116 Å². The van der Waals surface area contributed by atoms with Crippen LogP contribution in [0.2, 0.25) is 0 Å². The van der Waals surface area contributed by atoms with Gasteiger partial charge < -0.3 is 4.74 Å². The van der Waals surface area contributed by atoms with Crippen LogP contribution in [0.1, 0.15) is 15.9 Å². The highest BCUT2D eigenvalue weighted by Gasteiger charge is 2.13. The molecule has 2 aromatic carbocycles. The third-order valence-electron chi connectivity index (χ3n) is 2.70. The second kappa shape index (κ2) is 5.44. The molecule has 0 aromatic heterocycles. The van der Waals surface area contributed by atoms with Gasteiger partial charge in [-0.2, -0.15) is 8.42 Å². The van der Waals surface area contributed by atoms with Crippen LogP contribution in [0.15, 0.2) is 53.4 Å². The van der Waals surface area contributed by atoms with Crippen LogP contribution in [0.4, 0.5) is 0 Å². The maximum absolute atomic E-state index is 11.9. The molecule has 6 heteroatoms. The van der Waals surface area contributed by atoms with Gasteiger partial charge in [0, 0.05) is 0 Å². The van der Waals surface area contributed by atoms with Gasteiger partial charge in [0.1, 0.15) is 5.75 Å². The second-order valence-corrected chi connectivity index (χ2v) is 5.57. The van der Waals surface area contributed by atoms with Crippen molar-refractivity contribution in [1.29, 1.82) is 0 Å². The molecule has 0 saturated carbocycles. The molecule has 5 nitrogen and oxygen atoms in total. The van der Waals surface area contributed by atoms with Crippen molar-refractivity contribution in [3.8, 4) is 5.75 Å². The van der Waals surface area contributed by atoms with Gasteiger partial charge in [-0.05, 0) is 42.8 Å². The van der Waals surface area contributed by atoms with E-state index >= 15 is 0 Å². The summed E-state index contributed by atoms with van der Waals surface area (Å²) in [5.41, 5.74) is 1.22. The first-order valence-corrected chi connectivity index (χ1v) is 7.17. The highest BCUT2D eigenvalue weighted by atomic mass is 32.2. The maximum Gasteiger partial charge on any atom is 0.343 e. The smallest absolute Gasteiger partial charge is 0.343 e. The van der Waals surface area contributed by atoms with Gasteiger partial charge in [0.25, 0.3) is 10.1 Å². The number of rotatable bonds is 3. The molecule has 104 valence electrons. The Morgan fingerprint density at radius 1 is 1.05 bits per heavy atom. The normalized spacial score (nSPS) is 11.1. The van der Waals surface area contributed by atoms with Crippen molar-refractivity contribution in [2.75, 3.05) is 0 Å². The van der Waals surface area contributed by atoms with Crippen LogP contribution in [0.25, 0.3) is 0 Å². The zero-order valence-electron chi connectivity index (χ0n) is 10.6. The molecule has 0 bridgehead atoms. The van der Waals surface area contributed by atoms with E-state index in [9.17, 15) is 13.2 Å². The van der Waals surface area contributed by atoms with E-state index in [1.54, 1.807) is 25.1 Å². The summed E-state index contributed by atoms with van der Waals surface area (Å²) in [5.74, 6) is -0.326. The number of hydrogen-bond donors (Lipinski definition) is 1. The molecule has 0 saturated heterocycles. The molecular formula is C14H12O5S. The van der Waals surface area contributed by atoms with Crippen molar-refractivity contribution in [2.24, 2.45) is 0 Å². The van der Waals surface area contributed by atoms with Crippen LogP contribution in [-0.4, -0.2) is 18.9 Å². The summed E-state index contributed by atoms with van der Waals surface area (Å²) in [5, 5.41) is 0. The zero-order chi connectivity index (χ0) is 14.8. The fourth-order valence-corrected chi connectivity index (χ4v) is 2.12. The fraction of sp³-hybridized carbons (Fsp3) is 0.0714. The summed E-state index contributed by atoms with van der Waals surface area (Å²) >= 11 is 0. The molecule has 0 fully saturated rings. The monoisotopic (exact) mass is 292 g/mol. The van der Waals surface area contributed by atoms with Gasteiger partial charge in [0.15, 0.2) is 0 Å². The SMILES string of the molecule is Cc1ccccc1C(=O)Oc1ccc(S(=O)(=O)O)cc1. The predicted octanol–water partition coefficient (Wildman–Crippen LogP) is 2.46. The third kappa shape index (κ3) is 3.23. The maximum atomic E-state index is 11.9. The van der Waals surface area contributed by atoms with Crippen molar-refractivity contribution >= 4 is 16.1 Å². The van der Waals surface area contributed by atoms with E-state index < -0.39 is 16.1 Å². The molecule has 0 spiro atoms. The molecule has 0 aliphatic rings. The van der Waals surface area contributed by atoms with E-state index in [2.05, 4.69) is 0 Å². The average Bonchev–Trinajstić information content (AvgIpc) is 2.38.